The maximum atomic E-state index is 13.8. The molecule has 0 amide bonds. The van der Waals surface area contributed by atoms with Gasteiger partial charge in [-0.1, -0.05) is 24.3 Å². The van der Waals surface area contributed by atoms with Gasteiger partial charge in [-0.3, -0.25) is 23.7 Å². The van der Waals surface area contributed by atoms with E-state index < -0.39 is 67.5 Å². The molecule has 1 saturated heterocycles. The van der Waals surface area contributed by atoms with E-state index in [0.717, 1.165) is 4.57 Å². The van der Waals surface area contributed by atoms with Gasteiger partial charge in [0.15, 0.2) is 0 Å². The van der Waals surface area contributed by atoms with Gasteiger partial charge in [-0.15, -0.1) is 6.58 Å². The summed E-state index contributed by atoms with van der Waals surface area (Å²) in [7, 11) is -4.35. The number of hydrogen-bond donors (Lipinski definition) is 3. The third kappa shape index (κ3) is 7.24. The van der Waals surface area contributed by atoms with Crippen LogP contribution in [0.5, 0.6) is 5.75 Å². The highest BCUT2D eigenvalue weighted by atomic mass is 31.2. The van der Waals surface area contributed by atoms with Crippen molar-refractivity contribution in [2.45, 2.75) is 63.9 Å². The molecule has 202 valence electrons. The molecule has 1 aliphatic rings. The van der Waals surface area contributed by atoms with Gasteiger partial charge in [0.1, 0.15) is 30.2 Å². The summed E-state index contributed by atoms with van der Waals surface area (Å²) in [6.45, 7) is 8.36. The first-order chi connectivity index (χ1) is 17.4. The Labute approximate surface area is 211 Å². The second-order valence-electron chi connectivity index (χ2n) is 8.55. The van der Waals surface area contributed by atoms with E-state index in [1.165, 1.54) is 25.1 Å². The lowest BCUT2D eigenvalue weighted by Gasteiger charge is -2.29. The number of carbonyl (C=O) groups is 1. The van der Waals surface area contributed by atoms with Gasteiger partial charge in [-0.25, -0.2) is 9.36 Å². The molecule has 0 radical (unpaired) electrons. The molecule has 1 aliphatic heterocycles. The number of ether oxygens (including phenoxy) is 2. The zero-order valence-corrected chi connectivity index (χ0v) is 21.3. The highest BCUT2D eigenvalue weighted by molar-refractivity contribution is 7.52. The molecular weight excluding hydrogens is 512 g/mol. The van der Waals surface area contributed by atoms with Gasteiger partial charge >= 0.3 is 19.4 Å². The molecule has 2 heterocycles. The number of hydrogen-bond acceptors (Lipinski definition) is 9. The monoisotopic (exact) mass is 541 g/mol. The fourth-order valence-corrected chi connectivity index (χ4v) is 5.20. The maximum absolute atomic E-state index is 13.8. The van der Waals surface area contributed by atoms with Crippen molar-refractivity contribution < 1.29 is 37.4 Å². The molecule has 37 heavy (non-hydrogen) atoms. The van der Waals surface area contributed by atoms with E-state index >= 15 is 0 Å². The zero-order chi connectivity index (χ0) is 27.3. The molecule has 3 rings (SSSR count). The predicted molar refractivity (Wildman–Crippen MR) is 129 cm³/mol. The summed E-state index contributed by atoms with van der Waals surface area (Å²) in [5, 5.41) is 13.2. The van der Waals surface area contributed by atoms with Crippen LogP contribution in [0.15, 0.2) is 58.8 Å². The molecule has 1 aromatic heterocycles. The van der Waals surface area contributed by atoms with Crippen molar-refractivity contribution in [3.63, 3.8) is 0 Å². The van der Waals surface area contributed by atoms with Crippen molar-refractivity contribution in [2.24, 2.45) is 0 Å². The summed E-state index contributed by atoms with van der Waals surface area (Å²) in [5.74, 6) is -1.76. The predicted octanol–water partition coefficient (Wildman–Crippen LogP) is 2.01. The van der Waals surface area contributed by atoms with Crippen LogP contribution in [0.25, 0.3) is 0 Å². The van der Waals surface area contributed by atoms with Crippen LogP contribution in [0.4, 0.5) is 4.39 Å². The smallest absolute Gasteiger partial charge is 0.460 e. The lowest BCUT2D eigenvalue weighted by molar-refractivity contribution is -0.149. The van der Waals surface area contributed by atoms with Crippen molar-refractivity contribution in [3.8, 4) is 5.75 Å². The highest BCUT2D eigenvalue weighted by Crippen LogP contribution is 2.48. The van der Waals surface area contributed by atoms with Crippen molar-refractivity contribution in [1.82, 2.24) is 14.6 Å². The number of esters is 1. The molecule has 12 nitrogen and oxygen atoms in total. The molecule has 6 atom stereocenters. The number of aliphatic hydroxyl groups is 1. The Morgan fingerprint density at radius 2 is 2.00 bits per heavy atom. The van der Waals surface area contributed by atoms with Gasteiger partial charge in [0, 0.05) is 6.42 Å². The normalized spacial score (nSPS) is 22.7. The third-order valence-corrected chi connectivity index (χ3v) is 6.89. The fraction of sp³-hybridized carbons (Fsp3) is 0.435. The number of nitrogens with one attached hydrogen (secondary N) is 2. The van der Waals surface area contributed by atoms with Gasteiger partial charge in [0.2, 0.25) is 5.82 Å². The molecule has 0 bridgehead atoms. The molecule has 0 saturated carbocycles. The minimum absolute atomic E-state index is 0.159. The second-order valence-corrected chi connectivity index (χ2v) is 10.2. The van der Waals surface area contributed by atoms with Gasteiger partial charge in [-0.05, 0) is 32.9 Å². The van der Waals surface area contributed by atoms with Gasteiger partial charge in [-0.2, -0.15) is 9.48 Å². The van der Waals surface area contributed by atoms with E-state index in [-0.39, 0.29) is 12.2 Å². The summed E-state index contributed by atoms with van der Waals surface area (Å²) < 4.78 is 50.5. The Morgan fingerprint density at radius 3 is 2.62 bits per heavy atom. The van der Waals surface area contributed by atoms with Crippen molar-refractivity contribution in [1.29, 1.82) is 0 Å². The molecule has 0 unspecified atom stereocenters. The molecular formula is C23H29FN3O9P. The lowest BCUT2D eigenvalue weighted by Crippen LogP contribution is -2.40. The summed E-state index contributed by atoms with van der Waals surface area (Å²) in [5.41, 5.74) is -2.14. The van der Waals surface area contributed by atoms with Gasteiger partial charge < -0.3 is 19.1 Å². The fourth-order valence-electron chi connectivity index (χ4n) is 3.54. The Balaban J connectivity index is 1.85. The van der Waals surface area contributed by atoms with E-state index in [1.54, 1.807) is 32.0 Å². The minimum Gasteiger partial charge on any atom is -0.462 e. The number of carbonyl (C=O) groups excluding carboxylic acids is 1. The first-order valence-electron chi connectivity index (χ1n) is 11.4. The number of halogens is 1. The van der Waals surface area contributed by atoms with Crippen molar-refractivity contribution >= 4 is 13.7 Å². The van der Waals surface area contributed by atoms with Gasteiger partial charge in [0.05, 0.1) is 18.4 Å². The van der Waals surface area contributed by atoms with Crippen LogP contribution >= 0.6 is 7.75 Å². The molecule has 3 N–H and O–H groups in total. The van der Waals surface area contributed by atoms with Crippen LogP contribution in [0.1, 0.15) is 33.4 Å². The van der Waals surface area contributed by atoms with Crippen LogP contribution < -0.4 is 20.9 Å². The number of benzene rings is 1. The van der Waals surface area contributed by atoms with Crippen LogP contribution in [0, 0.1) is 5.82 Å². The summed E-state index contributed by atoms with van der Waals surface area (Å²) in [6, 6.07) is 6.91. The number of para-hydroxylation sites is 1. The van der Waals surface area contributed by atoms with E-state index in [2.05, 4.69) is 11.7 Å². The van der Waals surface area contributed by atoms with Gasteiger partial charge in [0.25, 0.3) is 5.56 Å². The molecule has 1 aromatic carbocycles. The number of H-pyrrole nitrogens is 1. The minimum atomic E-state index is -4.35. The molecule has 1 fully saturated rings. The Bertz CT molecular complexity index is 1270. The van der Waals surface area contributed by atoms with Crippen LogP contribution in [-0.2, 0) is 23.4 Å². The lowest BCUT2D eigenvalue weighted by atomic mass is 10.1. The SMILES string of the molecule is C=C[C@@H](O[P@](=O)(N[C@@H](C)C(=O)OC(C)C)Oc1ccccc1)[C@H]1O[C@@H](n2cc(F)c(=O)[nH]c2=O)C[C@@H]1O. The summed E-state index contributed by atoms with van der Waals surface area (Å²) >= 11 is 0. The molecule has 0 aliphatic carbocycles. The average molecular weight is 541 g/mol. The van der Waals surface area contributed by atoms with E-state index in [1.807, 2.05) is 4.98 Å². The number of rotatable bonds is 11. The molecule has 14 heteroatoms. The topological polar surface area (TPSA) is 158 Å². The standard InChI is InChI=1S/C23H29FN3O9P/c1-5-18(20-17(28)11-19(34-20)27-12-16(24)21(29)25-23(27)31)36-37(32,35-15-9-7-6-8-10-15)26-14(4)22(30)33-13(2)3/h5-10,12-14,17-20,28H,1,11H2,2-4H3,(H,26,32)(H,25,29,31)/t14-,17-,18+,19+,20-,37-/m0/s1. The second kappa shape index (κ2) is 12.0. The first kappa shape index (κ1) is 28.5. The van der Waals surface area contributed by atoms with E-state index in [4.69, 9.17) is 18.5 Å². The van der Waals surface area contributed by atoms with Crippen LogP contribution in [0.3, 0.4) is 0 Å². The molecule has 2 aromatic rings. The molecule has 0 spiro atoms. The van der Waals surface area contributed by atoms with E-state index in [9.17, 15) is 28.4 Å². The highest BCUT2D eigenvalue weighted by Gasteiger charge is 2.44. The Hall–Kier alpha value is -3.09. The Kier molecular flexibility index (Phi) is 9.21. The number of aliphatic hydroxyl groups excluding tert-OH is 1. The van der Waals surface area contributed by atoms with Crippen molar-refractivity contribution in [3.05, 3.63) is 75.8 Å². The average Bonchev–Trinajstić information content (AvgIpc) is 3.21. The van der Waals surface area contributed by atoms with Crippen LogP contribution in [-0.4, -0.2) is 51.1 Å². The number of nitrogens with zero attached hydrogens (tertiary/aromatic N) is 1. The first-order valence-corrected chi connectivity index (χ1v) is 12.9. The number of aromatic nitrogens is 2. The Morgan fingerprint density at radius 1 is 1.32 bits per heavy atom. The third-order valence-electron chi connectivity index (χ3n) is 5.21. The summed E-state index contributed by atoms with van der Waals surface area (Å²) in [6.07, 6.45) is -3.69. The van der Waals surface area contributed by atoms with Crippen LogP contribution in [0.2, 0.25) is 0 Å². The summed E-state index contributed by atoms with van der Waals surface area (Å²) in [4.78, 5) is 37.6. The number of aromatic amines is 1. The van der Waals surface area contributed by atoms with E-state index in [0.29, 0.717) is 6.20 Å². The quantitative estimate of drug-likeness (QED) is 0.218. The zero-order valence-electron chi connectivity index (χ0n) is 20.4. The largest absolute Gasteiger partial charge is 0.462 e. The maximum Gasteiger partial charge on any atom is 0.460 e. The van der Waals surface area contributed by atoms with Crippen molar-refractivity contribution in [2.75, 3.05) is 0 Å².